The Hall–Kier alpha value is -0.640. The third kappa shape index (κ3) is 3.44. The van der Waals surface area contributed by atoms with Gasteiger partial charge in [0.1, 0.15) is 5.82 Å². The molecule has 0 aliphatic heterocycles. The lowest BCUT2D eigenvalue weighted by molar-refractivity contribution is -0.0333. The lowest BCUT2D eigenvalue weighted by Crippen LogP contribution is -2.35. The van der Waals surface area contributed by atoms with Gasteiger partial charge in [0.2, 0.25) is 0 Å². The molecule has 0 amide bonds. The molecule has 0 heterocycles. The van der Waals surface area contributed by atoms with Gasteiger partial charge in [-0.15, -0.1) is 0 Å². The predicted octanol–water partition coefficient (Wildman–Crippen LogP) is 2.81. The minimum Gasteiger partial charge on any atom is -0.387 e. The van der Waals surface area contributed by atoms with E-state index in [4.69, 9.17) is 16.3 Å². The quantitative estimate of drug-likeness (QED) is 0.866. The van der Waals surface area contributed by atoms with E-state index in [-0.39, 0.29) is 11.6 Å². The number of methoxy groups -OCH3 is 1. The van der Waals surface area contributed by atoms with E-state index in [1.165, 1.54) is 19.2 Å². The van der Waals surface area contributed by atoms with Crippen LogP contribution in [0.25, 0.3) is 0 Å². The third-order valence-corrected chi connectivity index (χ3v) is 2.88. The summed E-state index contributed by atoms with van der Waals surface area (Å²) in [5.74, 6) is -0.447. The Kier molecular flexibility index (Phi) is 4.71. The molecule has 0 bridgehead atoms. The molecular formula is C12H16ClFO2. The van der Waals surface area contributed by atoms with E-state index in [0.717, 1.165) is 5.56 Å². The fraction of sp³-hybridized carbons (Fsp3) is 0.500. The summed E-state index contributed by atoms with van der Waals surface area (Å²) in [6, 6.07) is 4.46. The van der Waals surface area contributed by atoms with Crippen LogP contribution in [0, 0.1) is 5.82 Å². The molecule has 0 radical (unpaired) electrons. The van der Waals surface area contributed by atoms with E-state index < -0.39 is 11.4 Å². The molecule has 16 heavy (non-hydrogen) atoms. The second kappa shape index (κ2) is 5.62. The monoisotopic (exact) mass is 246 g/mol. The molecule has 1 aromatic rings. The van der Waals surface area contributed by atoms with Gasteiger partial charge in [0.15, 0.2) is 0 Å². The Bertz CT molecular complexity index is 357. The Morgan fingerprint density at radius 2 is 2.19 bits per heavy atom. The highest BCUT2D eigenvalue weighted by Gasteiger charge is 2.25. The third-order valence-electron chi connectivity index (χ3n) is 2.59. The van der Waals surface area contributed by atoms with E-state index in [1.54, 1.807) is 6.07 Å². The van der Waals surface area contributed by atoms with Crippen molar-refractivity contribution in [2.45, 2.75) is 25.4 Å². The Balaban J connectivity index is 2.81. The van der Waals surface area contributed by atoms with Gasteiger partial charge in [-0.3, -0.25) is 0 Å². The molecule has 90 valence electrons. The maximum Gasteiger partial charge on any atom is 0.141 e. The topological polar surface area (TPSA) is 29.5 Å². The van der Waals surface area contributed by atoms with Gasteiger partial charge in [-0.25, -0.2) is 4.39 Å². The summed E-state index contributed by atoms with van der Waals surface area (Å²) >= 11 is 5.68. The zero-order chi connectivity index (χ0) is 12.2. The summed E-state index contributed by atoms with van der Waals surface area (Å²) in [4.78, 5) is 0. The average Bonchev–Trinajstić information content (AvgIpc) is 2.24. The maximum absolute atomic E-state index is 12.9. The molecule has 0 spiro atoms. The lowest BCUT2D eigenvalue weighted by atomic mass is 9.93. The van der Waals surface area contributed by atoms with Crippen molar-refractivity contribution in [2.24, 2.45) is 0 Å². The number of halogens is 2. The van der Waals surface area contributed by atoms with Crippen molar-refractivity contribution in [3.05, 3.63) is 34.6 Å². The summed E-state index contributed by atoms with van der Waals surface area (Å²) in [6.45, 7) is 2.13. The van der Waals surface area contributed by atoms with Crippen molar-refractivity contribution in [3.63, 3.8) is 0 Å². The largest absolute Gasteiger partial charge is 0.387 e. The molecule has 0 saturated carbocycles. The normalized spacial score (nSPS) is 14.8. The molecule has 0 aliphatic carbocycles. The highest BCUT2D eigenvalue weighted by atomic mass is 35.5. The number of hydrogen-bond donors (Lipinski definition) is 1. The van der Waals surface area contributed by atoms with Crippen molar-refractivity contribution >= 4 is 11.6 Å². The molecule has 0 fully saturated rings. The predicted molar refractivity (Wildman–Crippen MR) is 62.2 cm³/mol. The van der Waals surface area contributed by atoms with E-state index >= 15 is 0 Å². The van der Waals surface area contributed by atoms with Crippen molar-refractivity contribution < 1.29 is 14.2 Å². The van der Waals surface area contributed by atoms with Gasteiger partial charge in [0.25, 0.3) is 0 Å². The Morgan fingerprint density at radius 3 is 2.69 bits per heavy atom. The van der Waals surface area contributed by atoms with Crippen molar-refractivity contribution in [3.8, 4) is 0 Å². The van der Waals surface area contributed by atoms with E-state index in [0.29, 0.717) is 12.8 Å². The maximum atomic E-state index is 12.9. The lowest BCUT2D eigenvalue weighted by Gasteiger charge is -2.26. The molecular weight excluding hydrogens is 231 g/mol. The zero-order valence-corrected chi connectivity index (χ0v) is 10.2. The number of hydrogen-bond acceptors (Lipinski definition) is 2. The smallest absolute Gasteiger partial charge is 0.141 e. The van der Waals surface area contributed by atoms with Crippen LogP contribution in [-0.4, -0.2) is 24.4 Å². The summed E-state index contributed by atoms with van der Waals surface area (Å²) < 4.78 is 17.9. The molecule has 1 atom stereocenters. The summed E-state index contributed by atoms with van der Waals surface area (Å²) in [7, 11) is 1.54. The van der Waals surface area contributed by atoms with Crippen molar-refractivity contribution in [2.75, 3.05) is 13.7 Å². The first-order chi connectivity index (χ1) is 7.50. The molecule has 2 nitrogen and oxygen atoms in total. The average molecular weight is 247 g/mol. The molecule has 0 aromatic heterocycles. The van der Waals surface area contributed by atoms with Gasteiger partial charge < -0.3 is 9.84 Å². The summed E-state index contributed by atoms with van der Waals surface area (Å²) in [6.07, 6.45) is 0.965. The number of benzene rings is 1. The molecule has 0 aliphatic rings. The van der Waals surface area contributed by atoms with Crippen LogP contribution in [0.1, 0.15) is 18.9 Å². The highest BCUT2D eigenvalue weighted by molar-refractivity contribution is 6.30. The van der Waals surface area contributed by atoms with Crippen LogP contribution >= 0.6 is 11.6 Å². The van der Waals surface area contributed by atoms with Crippen LogP contribution < -0.4 is 0 Å². The van der Waals surface area contributed by atoms with Crippen LogP contribution in [0.2, 0.25) is 5.02 Å². The first-order valence-corrected chi connectivity index (χ1v) is 5.54. The fourth-order valence-electron chi connectivity index (χ4n) is 1.58. The van der Waals surface area contributed by atoms with Gasteiger partial charge in [-0.05, 0) is 24.1 Å². The molecule has 4 heteroatoms. The Labute approximate surface area is 100.0 Å². The SMILES string of the molecule is CCC(O)(COC)Cc1ccc(F)c(Cl)c1. The Morgan fingerprint density at radius 1 is 1.50 bits per heavy atom. The number of rotatable bonds is 5. The van der Waals surface area contributed by atoms with E-state index in [9.17, 15) is 9.50 Å². The first-order valence-electron chi connectivity index (χ1n) is 5.16. The van der Waals surface area contributed by atoms with Gasteiger partial charge in [0.05, 0.1) is 17.2 Å². The van der Waals surface area contributed by atoms with Gasteiger partial charge >= 0.3 is 0 Å². The molecule has 1 aromatic carbocycles. The minimum atomic E-state index is -0.921. The zero-order valence-electron chi connectivity index (χ0n) is 9.46. The fourth-order valence-corrected chi connectivity index (χ4v) is 1.78. The van der Waals surface area contributed by atoms with Crippen LogP contribution in [0.3, 0.4) is 0 Å². The van der Waals surface area contributed by atoms with Gasteiger partial charge in [0, 0.05) is 13.5 Å². The number of ether oxygens (including phenoxy) is 1. The van der Waals surface area contributed by atoms with Crippen molar-refractivity contribution in [1.29, 1.82) is 0 Å². The van der Waals surface area contributed by atoms with E-state index in [2.05, 4.69) is 0 Å². The molecule has 1 rings (SSSR count). The van der Waals surface area contributed by atoms with E-state index in [1.807, 2.05) is 6.92 Å². The second-order valence-corrected chi connectivity index (χ2v) is 4.34. The van der Waals surface area contributed by atoms with Gasteiger partial charge in [-0.1, -0.05) is 24.6 Å². The number of aliphatic hydroxyl groups is 1. The second-order valence-electron chi connectivity index (χ2n) is 3.94. The van der Waals surface area contributed by atoms with Crippen LogP contribution in [0.15, 0.2) is 18.2 Å². The minimum absolute atomic E-state index is 0.0772. The van der Waals surface area contributed by atoms with Crippen molar-refractivity contribution in [1.82, 2.24) is 0 Å². The highest BCUT2D eigenvalue weighted by Crippen LogP contribution is 2.22. The molecule has 1 N–H and O–H groups in total. The molecule has 0 saturated heterocycles. The first kappa shape index (κ1) is 13.4. The summed E-state index contributed by atoms with van der Waals surface area (Å²) in [5.41, 5.74) is -0.122. The molecule has 1 unspecified atom stereocenters. The van der Waals surface area contributed by atoms with Crippen LogP contribution in [0.4, 0.5) is 4.39 Å². The standard InChI is InChI=1S/C12H16ClFO2/c1-3-12(15,8-16-2)7-9-4-5-11(14)10(13)6-9/h4-6,15H,3,7-8H2,1-2H3. The van der Waals surface area contributed by atoms with Crippen LogP contribution in [-0.2, 0) is 11.2 Å². The van der Waals surface area contributed by atoms with Gasteiger partial charge in [-0.2, -0.15) is 0 Å². The van der Waals surface area contributed by atoms with Crippen LogP contribution in [0.5, 0.6) is 0 Å². The summed E-state index contributed by atoms with van der Waals surface area (Å²) in [5, 5.41) is 10.2.